The largest absolute Gasteiger partial charge is 0.391 e. The molecule has 0 bridgehead atoms. The molecule has 3 unspecified atom stereocenters. The normalized spacial score (nSPS) is 39.5. The Hall–Kier alpha value is -0.290. The van der Waals surface area contributed by atoms with Crippen LogP contribution in [0.15, 0.2) is 0 Å². The van der Waals surface area contributed by atoms with Crippen molar-refractivity contribution in [2.75, 3.05) is 13.1 Å². The summed E-state index contributed by atoms with van der Waals surface area (Å²) in [5.74, 6) is -1.19. The van der Waals surface area contributed by atoms with Crippen molar-refractivity contribution in [3.63, 3.8) is 0 Å². The van der Waals surface area contributed by atoms with E-state index in [1.54, 1.807) is 0 Å². The van der Waals surface area contributed by atoms with Crippen LogP contribution in [0.5, 0.6) is 0 Å². The van der Waals surface area contributed by atoms with Crippen molar-refractivity contribution in [1.82, 2.24) is 5.32 Å². The molecule has 1 spiro atoms. The fraction of sp³-hybridized carbons (Fsp3) is 1.00. The zero-order valence-electron chi connectivity index (χ0n) is 10.1. The van der Waals surface area contributed by atoms with Crippen LogP contribution < -0.4 is 5.32 Å². The van der Waals surface area contributed by atoms with Crippen LogP contribution in [0.25, 0.3) is 0 Å². The number of morpholine rings is 1. The minimum Gasteiger partial charge on any atom is -0.369 e. The predicted octanol–water partition coefficient (Wildman–Crippen LogP) is 2.88. The molecule has 0 aromatic carbocycles. The molecule has 0 aromatic rings. The molecule has 2 nitrogen and oxygen atoms in total. The summed E-state index contributed by atoms with van der Waals surface area (Å²) >= 11 is 0. The first-order chi connectivity index (χ1) is 7.95. The van der Waals surface area contributed by atoms with Gasteiger partial charge in [-0.25, -0.2) is 0 Å². The van der Waals surface area contributed by atoms with Gasteiger partial charge in [-0.1, -0.05) is 6.92 Å². The first-order valence-electron chi connectivity index (χ1n) is 6.40. The fourth-order valence-corrected chi connectivity index (χ4v) is 3.00. The van der Waals surface area contributed by atoms with Gasteiger partial charge in [0.1, 0.15) is 0 Å². The second-order valence-corrected chi connectivity index (χ2v) is 5.30. The van der Waals surface area contributed by atoms with E-state index in [0.29, 0.717) is 13.0 Å². The molecule has 100 valence electrons. The summed E-state index contributed by atoms with van der Waals surface area (Å²) in [6.07, 6.45) is -1.41. The Morgan fingerprint density at radius 3 is 2.82 bits per heavy atom. The number of ether oxygens (including phenoxy) is 1. The van der Waals surface area contributed by atoms with E-state index >= 15 is 0 Å². The predicted molar refractivity (Wildman–Crippen MR) is 58.8 cm³/mol. The van der Waals surface area contributed by atoms with Gasteiger partial charge >= 0.3 is 6.18 Å². The molecule has 1 aliphatic heterocycles. The van der Waals surface area contributed by atoms with Gasteiger partial charge in [0.15, 0.2) is 0 Å². The van der Waals surface area contributed by atoms with Crippen LogP contribution in [0.1, 0.15) is 39.0 Å². The minimum atomic E-state index is -4.07. The number of nitrogens with one attached hydrogen (secondary N) is 1. The number of hydrogen-bond donors (Lipinski definition) is 1. The molecule has 1 N–H and O–H groups in total. The Morgan fingerprint density at radius 1 is 1.41 bits per heavy atom. The number of hydrogen-bond acceptors (Lipinski definition) is 2. The van der Waals surface area contributed by atoms with Gasteiger partial charge in [-0.3, -0.25) is 0 Å². The zero-order chi connectivity index (χ0) is 12.5. The molecule has 2 fully saturated rings. The molecule has 5 heteroatoms. The number of rotatable bonds is 1. The van der Waals surface area contributed by atoms with E-state index in [1.807, 2.05) is 6.92 Å². The van der Waals surface area contributed by atoms with Crippen LogP contribution in [0, 0.1) is 5.92 Å². The topological polar surface area (TPSA) is 21.3 Å². The number of halogens is 3. The highest BCUT2D eigenvalue weighted by atomic mass is 19.4. The molecule has 1 aliphatic carbocycles. The lowest BCUT2D eigenvalue weighted by Gasteiger charge is -2.46. The summed E-state index contributed by atoms with van der Waals surface area (Å²) < 4.78 is 44.3. The third-order valence-electron chi connectivity index (χ3n) is 3.96. The highest BCUT2D eigenvalue weighted by molar-refractivity contribution is 4.95. The second kappa shape index (κ2) is 4.76. The lowest BCUT2D eigenvalue weighted by molar-refractivity contribution is -0.218. The van der Waals surface area contributed by atoms with Gasteiger partial charge in [-0.2, -0.15) is 13.2 Å². The molecule has 0 radical (unpaired) electrons. The third-order valence-corrected chi connectivity index (χ3v) is 3.96. The van der Waals surface area contributed by atoms with Gasteiger partial charge in [-0.05, 0) is 32.1 Å². The molecular weight excluding hydrogens is 231 g/mol. The molecule has 2 aliphatic rings. The van der Waals surface area contributed by atoms with Gasteiger partial charge in [0.05, 0.1) is 17.6 Å². The summed E-state index contributed by atoms with van der Waals surface area (Å²) in [7, 11) is 0. The van der Waals surface area contributed by atoms with E-state index in [-0.39, 0.29) is 18.9 Å². The Balaban J connectivity index is 2.04. The van der Waals surface area contributed by atoms with Crippen LogP contribution in [-0.2, 0) is 4.74 Å². The summed E-state index contributed by atoms with van der Waals surface area (Å²) in [6, 6.07) is 0. The standard InChI is InChI=1S/C12H20F3NO/c1-2-10-7-16-8-11(17-10)5-3-4-9(6-11)12(13,14)15/h9-10,16H,2-8H2,1H3. The van der Waals surface area contributed by atoms with E-state index in [2.05, 4.69) is 5.32 Å². The van der Waals surface area contributed by atoms with Crippen LogP contribution in [0.3, 0.4) is 0 Å². The van der Waals surface area contributed by atoms with Crippen molar-refractivity contribution in [3.05, 3.63) is 0 Å². The van der Waals surface area contributed by atoms with Gasteiger partial charge < -0.3 is 10.1 Å². The van der Waals surface area contributed by atoms with Crippen LogP contribution in [0.2, 0.25) is 0 Å². The lowest BCUT2D eigenvalue weighted by Crippen LogP contribution is -2.56. The minimum absolute atomic E-state index is 0.0655. The summed E-state index contributed by atoms with van der Waals surface area (Å²) in [4.78, 5) is 0. The van der Waals surface area contributed by atoms with E-state index < -0.39 is 17.7 Å². The first kappa shape index (κ1) is 13.1. The SMILES string of the molecule is CCC1CNCC2(CCCC(C(F)(F)F)C2)O1. The van der Waals surface area contributed by atoms with E-state index in [1.165, 1.54) is 0 Å². The fourth-order valence-electron chi connectivity index (χ4n) is 3.00. The number of alkyl halides is 3. The van der Waals surface area contributed by atoms with Gasteiger partial charge in [0, 0.05) is 13.1 Å². The van der Waals surface area contributed by atoms with Crippen LogP contribution in [0.4, 0.5) is 13.2 Å². The summed E-state index contributed by atoms with van der Waals surface area (Å²) in [5, 5.41) is 3.23. The van der Waals surface area contributed by atoms with Crippen LogP contribution in [-0.4, -0.2) is 31.0 Å². The van der Waals surface area contributed by atoms with Crippen molar-refractivity contribution >= 4 is 0 Å². The first-order valence-corrected chi connectivity index (χ1v) is 6.40. The molecule has 3 atom stereocenters. The van der Waals surface area contributed by atoms with Crippen molar-refractivity contribution in [2.45, 2.75) is 56.9 Å². The van der Waals surface area contributed by atoms with Crippen molar-refractivity contribution < 1.29 is 17.9 Å². The molecule has 0 amide bonds. The van der Waals surface area contributed by atoms with Crippen molar-refractivity contribution in [3.8, 4) is 0 Å². The highest BCUT2D eigenvalue weighted by Gasteiger charge is 2.49. The molecule has 17 heavy (non-hydrogen) atoms. The maximum atomic E-state index is 12.8. The Kier molecular flexibility index (Phi) is 3.69. The van der Waals surface area contributed by atoms with Crippen molar-refractivity contribution in [1.29, 1.82) is 0 Å². The highest BCUT2D eigenvalue weighted by Crippen LogP contribution is 2.44. The molecule has 1 saturated carbocycles. The monoisotopic (exact) mass is 251 g/mol. The molecule has 0 aromatic heterocycles. The summed E-state index contributed by atoms with van der Waals surface area (Å²) in [6.45, 7) is 3.33. The van der Waals surface area contributed by atoms with E-state index in [0.717, 1.165) is 19.4 Å². The van der Waals surface area contributed by atoms with Gasteiger partial charge in [0.25, 0.3) is 0 Å². The Bertz CT molecular complexity index is 265. The Labute approximate surface area is 99.9 Å². The molecular formula is C12H20F3NO. The molecule has 1 heterocycles. The van der Waals surface area contributed by atoms with Gasteiger partial charge in [0.2, 0.25) is 0 Å². The third kappa shape index (κ3) is 2.94. The smallest absolute Gasteiger partial charge is 0.369 e. The summed E-state index contributed by atoms with van der Waals surface area (Å²) in [5.41, 5.74) is -0.572. The maximum Gasteiger partial charge on any atom is 0.391 e. The van der Waals surface area contributed by atoms with E-state index in [9.17, 15) is 13.2 Å². The molecule has 2 rings (SSSR count). The van der Waals surface area contributed by atoms with Crippen molar-refractivity contribution in [2.24, 2.45) is 5.92 Å². The van der Waals surface area contributed by atoms with Gasteiger partial charge in [-0.15, -0.1) is 0 Å². The van der Waals surface area contributed by atoms with Crippen LogP contribution >= 0.6 is 0 Å². The second-order valence-electron chi connectivity index (χ2n) is 5.30. The zero-order valence-corrected chi connectivity index (χ0v) is 10.1. The molecule has 1 saturated heterocycles. The Morgan fingerprint density at radius 2 is 2.18 bits per heavy atom. The lowest BCUT2D eigenvalue weighted by atomic mass is 9.76. The quantitative estimate of drug-likeness (QED) is 0.773. The average molecular weight is 251 g/mol. The van der Waals surface area contributed by atoms with E-state index in [4.69, 9.17) is 4.74 Å². The maximum absolute atomic E-state index is 12.8. The average Bonchev–Trinajstić information content (AvgIpc) is 2.28.